The molecule has 1 atom stereocenters. The first-order valence-electron chi connectivity index (χ1n) is 10.3. The number of phenolic OH excluding ortho intramolecular Hbond substituents is 1. The molecule has 2 aromatic carbocycles. The molecule has 1 heterocycles. The maximum atomic E-state index is 12.5. The molecule has 7 nitrogen and oxygen atoms in total. The fourth-order valence-corrected chi connectivity index (χ4v) is 4.32. The van der Waals surface area contributed by atoms with Gasteiger partial charge in [0.1, 0.15) is 17.4 Å². The highest BCUT2D eigenvalue weighted by molar-refractivity contribution is 7.99. The second-order valence-corrected chi connectivity index (χ2v) is 8.83. The minimum absolute atomic E-state index is 0.0538. The number of carbonyl (C=O) groups excluding carboxylic acids is 2. The maximum Gasteiger partial charge on any atom is 0.240 e. The molecule has 2 amide bonds. The van der Waals surface area contributed by atoms with Gasteiger partial charge in [-0.2, -0.15) is 0 Å². The largest absolute Gasteiger partial charge is 0.504 e. The quantitative estimate of drug-likeness (QED) is 0.418. The highest BCUT2D eigenvalue weighted by atomic mass is 32.2. The number of nitrogens with two attached hydrogens (primary N) is 1. The standard InChI is InChI=1S/C24H28N2O5S/c1-13(2)9-17(24(25)29)26-21(28)11-14-5-8-19-16(10-14)23(32-4)22(31-19)15-6-7-18(27)20(12-15)30-3/h5-8,10,12-13,17,27H,9,11H2,1-4H3,(H2,25,29)(H,26,28)/t17-/m1/s1. The predicted molar refractivity (Wildman–Crippen MR) is 126 cm³/mol. The van der Waals surface area contributed by atoms with E-state index < -0.39 is 11.9 Å². The monoisotopic (exact) mass is 456 g/mol. The molecule has 0 radical (unpaired) electrons. The van der Waals surface area contributed by atoms with Crippen LogP contribution in [0.5, 0.6) is 11.5 Å². The molecule has 32 heavy (non-hydrogen) atoms. The number of aromatic hydroxyl groups is 1. The van der Waals surface area contributed by atoms with Gasteiger partial charge in [0.05, 0.1) is 18.4 Å². The van der Waals surface area contributed by atoms with E-state index >= 15 is 0 Å². The second kappa shape index (κ2) is 9.99. The molecule has 0 aliphatic carbocycles. The van der Waals surface area contributed by atoms with Crippen LogP contribution in [0.4, 0.5) is 0 Å². The number of primary amides is 1. The number of benzene rings is 2. The smallest absolute Gasteiger partial charge is 0.240 e. The second-order valence-electron chi connectivity index (χ2n) is 8.01. The third-order valence-electron chi connectivity index (χ3n) is 5.10. The number of methoxy groups -OCH3 is 1. The lowest BCUT2D eigenvalue weighted by Gasteiger charge is -2.17. The Morgan fingerprint density at radius 1 is 1.22 bits per heavy atom. The van der Waals surface area contributed by atoms with Crippen LogP contribution < -0.4 is 15.8 Å². The number of nitrogens with one attached hydrogen (secondary N) is 1. The number of fused-ring (bicyclic) bond motifs is 1. The minimum Gasteiger partial charge on any atom is -0.504 e. The van der Waals surface area contributed by atoms with Gasteiger partial charge in [-0.05, 0) is 54.5 Å². The van der Waals surface area contributed by atoms with Crippen molar-refractivity contribution in [3.05, 3.63) is 42.0 Å². The SMILES string of the molecule is COc1cc(-c2oc3ccc(CC(=O)N[C@H](CC(C)C)C(N)=O)cc3c2SC)ccc1O. The lowest BCUT2D eigenvalue weighted by molar-refractivity contribution is -0.127. The van der Waals surface area contributed by atoms with Gasteiger partial charge in [0, 0.05) is 10.9 Å². The predicted octanol–water partition coefficient (Wildman–Crippen LogP) is 4.09. The summed E-state index contributed by atoms with van der Waals surface area (Å²) in [5.74, 6) is 0.521. The van der Waals surface area contributed by atoms with E-state index in [1.807, 2.05) is 38.3 Å². The third kappa shape index (κ3) is 5.19. The van der Waals surface area contributed by atoms with Crippen molar-refractivity contribution in [2.75, 3.05) is 13.4 Å². The summed E-state index contributed by atoms with van der Waals surface area (Å²) in [4.78, 5) is 25.1. The van der Waals surface area contributed by atoms with Crippen LogP contribution in [-0.2, 0) is 16.0 Å². The van der Waals surface area contributed by atoms with Crippen molar-refractivity contribution in [2.24, 2.45) is 11.7 Å². The summed E-state index contributed by atoms with van der Waals surface area (Å²) in [5, 5.41) is 13.5. The van der Waals surface area contributed by atoms with Crippen molar-refractivity contribution in [3.63, 3.8) is 0 Å². The minimum atomic E-state index is -0.682. The van der Waals surface area contributed by atoms with E-state index in [0.29, 0.717) is 23.5 Å². The Morgan fingerprint density at radius 3 is 2.59 bits per heavy atom. The topological polar surface area (TPSA) is 115 Å². The summed E-state index contributed by atoms with van der Waals surface area (Å²) in [6.07, 6.45) is 2.57. The van der Waals surface area contributed by atoms with E-state index in [2.05, 4.69) is 5.32 Å². The molecule has 0 bridgehead atoms. The average Bonchev–Trinajstić information content (AvgIpc) is 3.11. The normalized spacial score (nSPS) is 12.2. The fourth-order valence-electron chi connectivity index (χ4n) is 3.59. The zero-order valence-corrected chi connectivity index (χ0v) is 19.4. The zero-order chi connectivity index (χ0) is 23.4. The molecule has 0 fully saturated rings. The summed E-state index contributed by atoms with van der Waals surface area (Å²) in [5.41, 5.74) is 7.70. The highest BCUT2D eigenvalue weighted by Gasteiger charge is 2.21. The van der Waals surface area contributed by atoms with Crippen molar-refractivity contribution < 1.29 is 23.8 Å². The Balaban J connectivity index is 1.89. The first kappa shape index (κ1) is 23.5. The molecule has 0 saturated carbocycles. The summed E-state index contributed by atoms with van der Waals surface area (Å²) >= 11 is 1.53. The fraction of sp³-hybridized carbons (Fsp3) is 0.333. The van der Waals surface area contributed by atoms with Crippen LogP contribution in [-0.4, -0.2) is 36.3 Å². The number of thioether (sulfide) groups is 1. The van der Waals surface area contributed by atoms with Gasteiger partial charge in [-0.25, -0.2) is 0 Å². The first-order chi connectivity index (χ1) is 15.2. The van der Waals surface area contributed by atoms with Crippen LogP contribution >= 0.6 is 11.8 Å². The van der Waals surface area contributed by atoms with Crippen LogP contribution in [0, 0.1) is 5.92 Å². The van der Waals surface area contributed by atoms with Crippen molar-refractivity contribution >= 4 is 34.5 Å². The van der Waals surface area contributed by atoms with Crippen LogP contribution in [0.25, 0.3) is 22.3 Å². The van der Waals surface area contributed by atoms with Gasteiger partial charge >= 0.3 is 0 Å². The van der Waals surface area contributed by atoms with E-state index in [4.69, 9.17) is 14.9 Å². The van der Waals surface area contributed by atoms with Crippen LogP contribution in [0.15, 0.2) is 45.7 Å². The molecule has 3 rings (SSSR count). The average molecular weight is 457 g/mol. The molecule has 0 saturated heterocycles. The number of furan rings is 1. The molecular weight excluding hydrogens is 428 g/mol. The number of rotatable bonds is 9. The number of amides is 2. The zero-order valence-electron chi connectivity index (χ0n) is 18.6. The van der Waals surface area contributed by atoms with Gasteiger partial charge < -0.3 is 25.3 Å². The summed E-state index contributed by atoms with van der Waals surface area (Å²) in [7, 11) is 1.49. The van der Waals surface area contributed by atoms with Gasteiger partial charge in [-0.3, -0.25) is 9.59 Å². The van der Waals surface area contributed by atoms with E-state index in [1.54, 1.807) is 18.2 Å². The maximum absolute atomic E-state index is 12.5. The molecule has 0 aliphatic heterocycles. The van der Waals surface area contributed by atoms with Gasteiger partial charge in [-0.1, -0.05) is 19.9 Å². The Kier molecular flexibility index (Phi) is 7.35. The van der Waals surface area contributed by atoms with Gasteiger partial charge in [-0.15, -0.1) is 11.8 Å². The number of hydrogen-bond donors (Lipinski definition) is 3. The van der Waals surface area contributed by atoms with E-state index in [0.717, 1.165) is 21.4 Å². The molecule has 0 unspecified atom stereocenters. The Bertz CT molecular complexity index is 1140. The van der Waals surface area contributed by atoms with E-state index in [1.165, 1.54) is 18.9 Å². The number of ether oxygens (including phenoxy) is 1. The van der Waals surface area contributed by atoms with E-state index in [9.17, 15) is 14.7 Å². The molecule has 4 N–H and O–H groups in total. The number of phenols is 1. The molecule has 8 heteroatoms. The third-order valence-corrected chi connectivity index (χ3v) is 5.92. The lowest BCUT2D eigenvalue weighted by atomic mass is 10.0. The molecule has 0 aliphatic rings. The van der Waals surface area contributed by atoms with Crippen molar-refractivity contribution in [1.29, 1.82) is 0 Å². The van der Waals surface area contributed by atoms with Crippen molar-refractivity contribution in [1.82, 2.24) is 5.32 Å². The number of hydrogen-bond acceptors (Lipinski definition) is 6. The van der Waals surface area contributed by atoms with Gasteiger partial charge in [0.15, 0.2) is 11.5 Å². The van der Waals surface area contributed by atoms with Crippen molar-refractivity contribution in [2.45, 2.75) is 37.6 Å². The highest BCUT2D eigenvalue weighted by Crippen LogP contribution is 2.41. The van der Waals surface area contributed by atoms with Gasteiger partial charge in [0.25, 0.3) is 0 Å². The van der Waals surface area contributed by atoms with Crippen LogP contribution in [0.3, 0.4) is 0 Å². The molecular formula is C24H28N2O5S. The van der Waals surface area contributed by atoms with E-state index in [-0.39, 0.29) is 24.0 Å². The molecule has 170 valence electrons. The molecule has 1 aromatic heterocycles. The molecule has 0 spiro atoms. The van der Waals surface area contributed by atoms with Crippen molar-refractivity contribution in [3.8, 4) is 22.8 Å². The first-order valence-corrected chi connectivity index (χ1v) is 11.5. The summed E-state index contributed by atoms with van der Waals surface area (Å²) < 4.78 is 11.3. The van der Waals surface area contributed by atoms with Crippen LogP contribution in [0.2, 0.25) is 0 Å². The molecule has 3 aromatic rings. The van der Waals surface area contributed by atoms with Crippen LogP contribution in [0.1, 0.15) is 25.8 Å². The Labute approximate surface area is 191 Å². The Hall–Kier alpha value is -3.13. The summed E-state index contributed by atoms with van der Waals surface area (Å²) in [6.45, 7) is 3.94. The number of carbonyl (C=O) groups is 2. The Morgan fingerprint density at radius 2 is 1.97 bits per heavy atom. The lowest BCUT2D eigenvalue weighted by Crippen LogP contribution is -2.45. The summed E-state index contributed by atoms with van der Waals surface area (Å²) in [6, 6.07) is 9.96. The van der Waals surface area contributed by atoms with Gasteiger partial charge in [0.2, 0.25) is 11.8 Å².